The van der Waals surface area contributed by atoms with E-state index in [0.29, 0.717) is 17.1 Å². The number of amides is 1. The van der Waals surface area contributed by atoms with Gasteiger partial charge < -0.3 is 19.7 Å². The van der Waals surface area contributed by atoms with Crippen LogP contribution >= 0.6 is 0 Å². The minimum absolute atomic E-state index is 0.0168. The Labute approximate surface area is 200 Å². The zero-order valence-corrected chi connectivity index (χ0v) is 20.4. The number of carbonyl (C=O) groups excluding carboxylic acids is 3. The van der Waals surface area contributed by atoms with Gasteiger partial charge in [0.2, 0.25) is 5.78 Å². The standard InChI is InChI=1S/C27H30N2O5/c1-16(2)28-24(30)15-34-22-11-8-20(9-12-22)14-23-26(31)25(27(32)33-6)19(5)29(23)21-10-7-17(3)18(4)13-21/h7-14,16H,15H2,1-6H3,(H,28,30)/b23-14-. The van der Waals surface area contributed by atoms with E-state index in [1.807, 2.05) is 45.9 Å². The van der Waals surface area contributed by atoms with Gasteiger partial charge >= 0.3 is 5.97 Å². The number of Topliss-reactive ketones (excluding diaryl/α,β-unsaturated/α-hetero) is 1. The number of nitrogens with zero attached hydrogens (tertiary/aromatic N) is 1. The van der Waals surface area contributed by atoms with Crippen molar-refractivity contribution in [1.82, 2.24) is 5.32 Å². The van der Waals surface area contributed by atoms with E-state index in [2.05, 4.69) is 5.32 Å². The summed E-state index contributed by atoms with van der Waals surface area (Å²) in [6.07, 6.45) is 1.73. The van der Waals surface area contributed by atoms with Crippen molar-refractivity contribution in [2.45, 2.75) is 40.7 Å². The number of ether oxygens (including phenoxy) is 2. The fourth-order valence-electron chi connectivity index (χ4n) is 3.69. The van der Waals surface area contributed by atoms with Gasteiger partial charge in [-0.15, -0.1) is 0 Å². The quantitative estimate of drug-likeness (QED) is 0.379. The minimum atomic E-state index is -0.664. The van der Waals surface area contributed by atoms with Crippen LogP contribution in [-0.4, -0.2) is 37.4 Å². The van der Waals surface area contributed by atoms with Gasteiger partial charge in [0.1, 0.15) is 11.3 Å². The highest BCUT2D eigenvalue weighted by Gasteiger charge is 2.38. The number of esters is 1. The van der Waals surface area contributed by atoms with Crippen LogP contribution in [-0.2, 0) is 19.1 Å². The molecule has 0 aliphatic carbocycles. The van der Waals surface area contributed by atoms with E-state index in [9.17, 15) is 14.4 Å². The van der Waals surface area contributed by atoms with Gasteiger partial charge in [-0.2, -0.15) is 0 Å². The number of nitrogens with one attached hydrogen (secondary N) is 1. The Balaban J connectivity index is 1.92. The molecule has 7 heteroatoms. The number of ketones is 1. The van der Waals surface area contributed by atoms with Crippen molar-refractivity contribution in [1.29, 1.82) is 0 Å². The van der Waals surface area contributed by atoms with Crippen LogP contribution in [0.5, 0.6) is 5.75 Å². The molecule has 1 heterocycles. The van der Waals surface area contributed by atoms with Crippen LogP contribution in [0, 0.1) is 13.8 Å². The molecule has 0 aromatic heterocycles. The summed E-state index contributed by atoms with van der Waals surface area (Å²) >= 11 is 0. The number of aryl methyl sites for hydroxylation is 2. The molecule has 3 rings (SSSR count). The largest absolute Gasteiger partial charge is 0.484 e. The number of hydrogen-bond acceptors (Lipinski definition) is 6. The summed E-state index contributed by atoms with van der Waals surface area (Å²) in [6, 6.07) is 13.0. The number of benzene rings is 2. The lowest BCUT2D eigenvalue weighted by molar-refractivity contribution is -0.137. The predicted octanol–water partition coefficient (Wildman–Crippen LogP) is 4.08. The van der Waals surface area contributed by atoms with Crippen molar-refractivity contribution in [3.63, 3.8) is 0 Å². The Hall–Kier alpha value is -3.87. The highest BCUT2D eigenvalue weighted by molar-refractivity contribution is 6.30. The lowest BCUT2D eigenvalue weighted by Gasteiger charge is -2.22. The molecule has 2 aromatic rings. The van der Waals surface area contributed by atoms with Crippen molar-refractivity contribution >= 4 is 29.4 Å². The second-order valence-corrected chi connectivity index (χ2v) is 8.49. The SMILES string of the molecule is COC(=O)C1=C(C)N(c2ccc(C)c(C)c2)/C(=C\c2ccc(OCC(=O)NC(C)C)cc2)C1=O. The molecule has 34 heavy (non-hydrogen) atoms. The summed E-state index contributed by atoms with van der Waals surface area (Å²) in [5.41, 5.74) is 4.63. The van der Waals surface area contributed by atoms with Gasteiger partial charge in [-0.05, 0) is 81.7 Å². The van der Waals surface area contributed by atoms with E-state index in [4.69, 9.17) is 9.47 Å². The fraction of sp³-hybridized carbons (Fsp3) is 0.296. The zero-order valence-electron chi connectivity index (χ0n) is 20.4. The summed E-state index contributed by atoms with van der Waals surface area (Å²) in [5, 5.41) is 2.77. The van der Waals surface area contributed by atoms with Gasteiger partial charge in [0, 0.05) is 17.4 Å². The monoisotopic (exact) mass is 462 g/mol. The molecule has 1 aliphatic heterocycles. The molecule has 0 fully saturated rings. The summed E-state index contributed by atoms with van der Waals surface area (Å²) < 4.78 is 10.4. The summed E-state index contributed by atoms with van der Waals surface area (Å²) in [5.74, 6) is -0.718. The third kappa shape index (κ3) is 5.36. The van der Waals surface area contributed by atoms with Crippen LogP contribution in [0.25, 0.3) is 6.08 Å². The molecule has 0 atom stereocenters. The van der Waals surface area contributed by atoms with Crippen molar-refractivity contribution < 1.29 is 23.9 Å². The maximum absolute atomic E-state index is 13.3. The molecule has 0 radical (unpaired) electrons. The molecule has 1 N–H and O–H groups in total. The van der Waals surface area contributed by atoms with E-state index < -0.39 is 11.8 Å². The van der Waals surface area contributed by atoms with Crippen LogP contribution < -0.4 is 15.0 Å². The third-order valence-electron chi connectivity index (χ3n) is 5.54. The average molecular weight is 463 g/mol. The van der Waals surface area contributed by atoms with Crippen LogP contribution in [0.1, 0.15) is 37.5 Å². The molecule has 1 aliphatic rings. The molecule has 178 valence electrons. The first-order chi connectivity index (χ1) is 16.1. The van der Waals surface area contributed by atoms with E-state index in [-0.39, 0.29) is 24.1 Å². The second kappa shape index (κ2) is 10.4. The second-order valence-electron chi connectivity index (χ2n) is 8.49. The summed E-state index contributed by atoms with van der Waals surface area (Å²) in [6.45, 7) is 9.44. The lowest BCUT2D eigenvalue weighted by Crippen LogP contribution is -2.34. The number of methoxy groups -OCH3 is 1. The molecule has 2 aromatic carbocycles. The van der Waals surface area contributed by atoms with E-state index in [1.54, 1.807) is 42.2 Å². The third-order valence-corrected chi connectivity index (χ3v) is 5.54. The molecule has 0 bridgehead atoms. The highest BCUT2D eigenvalue weighted by Crippen LogP contribution is 2.36. The number of hydrogen-bond donors (Lipinski definition) is 1. The topological polar surface area (TPSA) is 84.9 Å². The van der Waals surface area contributed by atoms with Crippen molar-refractivity contribution in [2.24, 2.45) is 0 Å². The van der Waals surface area contributed by atoms with Crippen molar-refractivity contribution in [3.8, 4) is 5.75 Å². The van der Waals surface area contributed by atoms with Crippen molar-refractivity contribution in [2.75, 3.05) is 18.6 Å². The minimum Gasteiger partial charge on any atom is -0.484 e. The first-order valence-corrected chi connectivity index (χ1v) is 11.1. The normalized spacial score (nSPS) is 14.7. The summed E-state index contributed by atoms with van der Waals surface area (Å²) in [4.78, 5) is 39.2. The van der Waals surface area contributed by atoms with Crippen LogP contribution in [0.3, 0.4) is 0 Å². The Morgan fingerprint density at radius 3 is 2.29 bits per heavy atom. The van der Waals surface area contributed by atoms with Crippen molar-refractivity contribution in [3.05, 3.63) is 76.1 Å². The predicted molar refractivity (Wildman–Crippen MR) is 131 cm³/mol. The Morgan fingerprint density at radius 2 is 1.71 bits per heavy atom. The van der Waals surface area contributed by atoms with E-state index in [1.165, 1.54) is 7.11 Å². The van der Waals surface area contributed by atoms with E-state index in [0.717, 1.165) is 22.4 Å². The molecular weight excluding hydrogens is 432 g/mol. The van der Waals surface area contributed by atoms with Crippen LogP contribution in [0.2, 0.25) is 0 Å². The molecule has 1 amide bonds. The molecular formula is C27H30N2O5. The smallest absolute Gasteiger partial charge is 0.343 e. The molecule has 0 spiro atoms. The van der Waals surface area contributed by atoms with Gasteiger partial charge in [-0.3, -0.25) is 9.59 Å². The molecule has 0 saturated heterocycles. The van der Waals surface area contributed by atoms with Crippen LogP contribution in [0.4, 0.5) is 5.69 Å². The van der Waals surface area contributed by atoms with Gasteiger partial charge in [-0.1, -0.05) is 18.2 Å². The molecule has 7 nitrogen and oxygen atoms in total. The maximum atomic E-state index is 13.3. The molecule has 0 unspecified atom stereocenters. The summed E-state index contributed by atoms with van der Waals surface area (Å²) in [7, 11) is 1.26. The molecule has 0 saturated carbocycles. The number of anilines is 1. The number of rotatable bonds is 7. The highest BCUT2D eigenvalue weighted by atomic mass is 16.5. The van der Waals surface area contributed by atoms with Crippen LogP contribution in [0.15, 0.2) is 59.4 Å². The Kier molecular flexibility index (Phi) is 7.56. The maximum Gasteiger partial charge on any atom is 0.343 e. The first-order valence-electron chi connectivity index (χ1n) is 11.1. The Bertz CT molecular complexity index is 1180. The Morgan fingerprint density at radius 1 is 1.03 bits per heavy atom. The number of carbonyl (C=O) groups is 3. The number of allylic oxidation sites excluding steroid dienone is 2. The van der Waals surface area contributed by atoms with Gasteiger partial charge in [0.05, 0.1) is 12.8 Å². The van der Waals surface area contributed by atoms with Gasteiger partial charge in [-0.25, -0.2) is 4.79 Å². The van der Waals surface area contributed by atoms with Gasteiger partial charge in [0.25, 0.3) is 5.91 Å². The van der Waals surface area contributed by atoms with E-state index >= 15 is 0 Å². The first kappa shape index (κ1) is 24.8. The van der Waals surface area contributed by atoms with Gasteiger partial charge in [0.15, 0.2) is 6.61 Å². The lowest BCUT2D eigenvalue weighted by atomic mass is 10.1. The average Bonchev–Trinajstić information content (AvgIpc) is 3.03. The zero-order chi connectivity index (χ0) is 25.0. The fourth-order valence-corrected chi connectivity index (χ4v) is 3.69.